The molecule has 5 aliphatic rings. The number of anilines is 1. The van der Waals surface area contributed by atoms with Gasteiger partial charge in [-0.2, -0.15) is 0 Å². The number of benzene rings is 3. The third kappa shape index (κ3) is 5.39. The summed E-state index contributed by atoms with van der Waals surface area (Å²) >= 11 is 0. The molecule has 0 aromatic heterocycles. The van der Waals surface area contributed by atoms with Crippen LogP contribution in [0.25, 0.3) is 0 Å². The van der Waals surface area contributed by atoms with E-state index in [0.717, 1.165) is 37.1 Å². The summed E-state index contributed by atoms with van der Waals surface area (Å²) in [6, 6.07) is 27.1. The highest BCUT2D eigenvalue weighted by molar-refractivity contribution is 5.89. The highest BCUT2D eigenvalue weighted by Crippen LogP contribution is 2.56. The van der Waals surface area contributed by atoms with Crippen LogP contribution < -0.4 is 5.32 Å². The number of unbranched alkanes of at least 4 members (excludes halogenated alkanes) is 1. The van der Waals surface area contributed by atoms with E-state index in [1.54, 1.807) is 0 Å². The molecule has 42 heavy (non-hydrogen) atoms. The van der Waals surface area contributed by atoms with Crippen LogP contribution in [0, 0.1) is 17.8 Å². The number of carbonyl (C=O) groups excluding carboxylic acids is 1. The SMILES string of the molecule is CCCC[C@H]1Cc2cc(C(=O)OC)ccc2[C@H](c2ccc(NC34CC5CC(CC(C5)C3)C4)cc2)N1Cc1ccccc1. The van der Waals surface area contributed by atoms with E-state index < -0.39 is 0 Å². The topological polar surface area (TPSA) is 41.6 Å². The molecule has 4 heteroatoms. The number of carbonyl (C=O) groups is 1. The third-order valence-electron chi connectivity index (χ3n) is 10.9. The predicted molar refractivity (Wildman–Crippen MR) is 170 cm³/mol. The number of fused-ring (bicyclic) bond motifs is 1. The first-order chi connectivity index (χ1) is 20.5. The number of rotatable bonds is 9. The molecule has 1 aliphatic heterocycles. The number of hydrogen-bond donors (Lipinski definition) is 1. The fourth-order valence-corrected chi connectivity index (χ4v) is 9.47. The molecule has 8 rings (SSSR count). The number of esters is 1. The Morgan fingerprint density at radius 2 is 1.62 bits per heavy atom. The molecule has 2 atom stereocenters. The van der Waals surface area contributed by atoms with Gasteiger partial charge in [0.15, 0.2) is 0 Å². The second kappa shape index (κ2) is 11.5. The lowest BCUT2D eigenvalue weighted by atomic mass is 9.53. The zero-order valence-electron chi connectivity index (χ0n) is 25.4. The number of ether oxygens (including phenoxy) is 1. The van der Waals surface area contributed by atoms with Gasteiger partial charge in [0.2, 0.25) is 0 Å². The first-order valence-corrected chi connectivity index (χ1v) is 16.4. The summed E-state index contributed by atoms with van der Waals surface area (Å²) in [5.74, 6) is 2.54. The molecule has 0 saturated heterocycles. The molecule has 0 spiro atoms. The van der Waals surface area contributed by atoms with Crippen LogP contribution in [0.2, 0.25) is 0 Å². The minimum absolute atomic E-state index is 0.135. The molecule has 220 valence electrons. The Bertz CT molecular complexity index is 1360. The van der Waals surface area contributed by atoms with Crippen LogP contribution in [0.15, 0.2) is 72.8 Å². The summed E-state index contributed by atoms with van der Waals surface area (Å²) < 4.78 is 5.09. The Morgan fingerprint density at radius 1 is 0.929 bits per heavy atom. The normalized spacial score (nSPS) is 29.7. The van der Waals surface area contributed by atoms with Gasteiger partial charge in [0.05, 0.1) is 18.7 Å². The fraction of sp³-hybridized carbons (Fsp3) is 0.500. The molecule has 1 N–H and O–H groups in total. The molecular formula is C38H46N2O2. The van der Waals surface area contributed by atoms with Crippen molar-refractivity contribution >= 4 is 11.7 Å². The predicted octanol–water partition coefficient (Wildman–Crippen LogP) is 8.56. The van der Waals surface area contributed by atoms with Gasteiger partial charge in [0.25, 0.3) is 0 Å². The van der Waals surface area contributed by atoms with Gasteiger partial charge in [-0.1, -0.05) is 68.3 Å². The zero-order chi connectivity index (χ0) is 28.7. The molecule has 4 saturated carbocycles. The molecule has 4 nitrogen and oxygen atoms in total. The third-order valence-corrected chi connectivity index (χ3v) is 10.9. The Hall–Kier alpha value is -3.11. The molecule has 1 heterocycles. The van der Waals surface area contributed by atoms with Gasteiger partial charge in [-0.25, -0.2) is 4.79 Å². The average Bonchev–Trinajstić information content (AvgIpc) is 2.99. The van der Waals surface area contributed by atoms with Crippen molar-refractivity contribution in [3.63, 3.8) is 0 Å². The minimum atomic E-state index is -0.258. The zero-order valence-corrected chi connectivity index (χ0v) is 25.4. The lowest BCUT2D eigenvalue weighted by Gasteiger charge is -2.57. The molecule has 0 amide bonds. The summed E-state index contributed by atoms with van der Waals surface area (Å²) in [6.07, 6.45) is 12.9. The van der Waals surface area contributed by atoms with E-state index >= 15 is 0 Å². The standard InChI is InChI=1S/C38H46N2O2/c1-3-4-10-34-21-32-20-31(37(41)42-2)13-16-35(32)36(40(34)25-26-8-6-5-7-9-26)30-11-14-33(15-12-30)39-38-22-27-17-28(23-38)19-29(18-27)24-38/h5-9,11-16,20,27-29,34,36,39H,3-4,10,17-19,21-25H2,1-2H3/t27?,28?,29?,34-,36-,38?/m0/s1. The van der Waals surface area contributed by atoms with Crippen LogP contribution >= 0.6 is 0 Å². The van der Waals surface area contributed by atoms with E-state index in [-0.39, 0.29) is 12.0 Å². The van der Waals surface area contributed by atoms with E-state index in [1.807, 2.05) is 6.07 Å². The van der Waals surface area contributed by atoms with Crippen molar-refractivity contribution in [1.29, 1.82) is 0 Å². The summed E-state index contributed by atoms with van der Waals surface area (Å²) in [4.78, 5) is 15.2. The average molecular weight is 563 g/mol. The van der Waals surface area contributed by atoms with Crippen molar-refractivity contribution in [3.05, 3.63) is 101 Å². The molecule has 3 aromatic rings. The number of nitrogens with zero attached hydrogens (tertiary/aromatic N) is 1. The number of nitrogens with one attached hydrogen (secondary N) is 1. The van der Waals surface area contributed by atoms with Crippen LogP contribution in [0.5, 0.6) is 0 Å². The van der Waals surface area contributed by atoms with Gasteiger partial charge < -0.3 is 10.1 Å². The molecular weight excluding hydrogens is 516 g/mol. The van der Waals surface area contributed by atoms with Crippen LogP contribution in [0.4, 0.5) is 5.69 Å². The maximum atomic E-state index is 12.5. The van der Waals surface area contributed by atoms with E-state index in [9.17, 15) is 4.79 Å². The second-order valence-electron chi connectivity index (χ2n) is 13.9. The first kappa shape index (κ1) is 27.7. The molecule has 4 aliphatic carbocycles. The van der Waals surface area contributed by atoms with Crippen molar-refractivity contribution in [1.82, 2.24) is 4.90 Å². The maximum absolute atomic E-state index is 12.5. The summed E-state index contributed by atoms with van der Waals surface area (Å²) in [5, 5.41) is 4.08. The van der Waals surface area contributed by atoms with Crippen molar-refractivity contribution in [2.24, 2.45) is 17.8 Å². The first-order valence-electron chi connectivity index (χ1n) is 16.4. The van der Waals surface area contributed by atoms with Gasteiger partial charge >= 0.3 is 5.97 Å². The molecule has 3 aromatic carbocycles. The van der Waals surface area contributed by atoms with Crippen molar-refractivity contribution in [2.45, 2.75) is 95.3 Å². The monoisotopic (exact) mass is 562 g/mol. The van der Waals surface area contributed by atoms with Gasteiger partial charge in [0.1, 0.15) is 0 Å². The lowest BCUT2D eigenvalue weighted by Crippen LogP contribution is -2.54. The minimum Gasteiger partial charge on any atom is -0.465 e. The summed E-state index contributed by atoms with van der Waals surface area (Å²) in [5.41, 5.74) is 7.50. The number of hydrogen-bond acceptors (Lipinski definition) is 4. The van der Waals surface area contributed by atoms with Crippen LogP contribution in [-0.4, -0.2) is 29.6 Å². The molecule has 0 radical (unpaired) electrons. The fourth-order valence-electron chi connectivity index (χ4n) is 9.47. The Balaban J connectivity index is 1.23. The Labute approximate surface area is 251 Å². The van der Waals surface area contributed by atoms with Crippen LogP contribution in [0.1, 0.15) is 103 Å². The highest BCUT2D eigenvalue weighted by Gasteiger charge is 2.51. The van der Waals surface area contributed by atoms with E-state index in [1.165, 1.54) is 86.4 Å². The van der Waals surface area contributed by atoms with Crippen molar-refractivity contribution < 1.29 is 9.53 Å². The maximum Gasteiger partial charge on any atom is 0.337 e. The molecule has 4 fully saturated rings. The van der Waals surface area contributed by atoms with Crippen molar-refractivity contribution in [2.75, 3.05) is 12.4 Å². The van der Waals surface area contributed by atoms with Gasteiger partial charge in [-0.3, -0.25) is 4.90 Å². The van der Waals surface area contributed by atoms with Gasteiger partial charge in [0, 0.05) is 23.8 Å². The summed E-state index contributed by atoms with van der Waals surface area (Å²) in [6.45, 7) is 3.19. The Morgan fingerprint density at radius 3 is 2.26 bits per heavy atom. The quantitative estimate of drug-likeness (QED) is 0.265. The van der Waals surface area contributed by atoms with E-state index in [2.05, 4.69) is 83.9 Å². The smallest absolute Gasteiger partial charge is 0.337 e. The highest BCUT2D eigenvalue weighted by atomic mass is 16.5. The Kier molecular flexibility index (Phi) is 7.60. The molecule has 4 bridgehead atoms. The lowest BCUT2D eigenvalue weighted by molar-refractivity contribution is 0.0107. The van der Waals surface area contributed by atoms with Gasteiger partial charge in [-0.15, -0.1) is 0 Å². The van der Waals surface area contributed by atoms with E-state index in [4.69, 9.17) is 4.74 Å². The molecule has 0 unspecified atom stereocenters. The van der Waals surface area contributed by atoms with E-state index in [0.29, 0.717) is 17.1 Å². The summed E-state index contributed by atoms with van der Waals surface area (Å²) in [7, 11) is 1.47. The largest absolute Gasteiger partial charge is 0.465 e. The second-order valence-corrected chi connectivity index (χ2v) is 13.9. The van der Waals surface area contributed by atoms with Gasteiger partial charge in [-0.05, 0) is 116 Å². The number of methoxy groups -OCH3 is 1. The van der Waals surface area contributed by atoms with Crippen molar-refractivity contribution in [3.8, 4) is 0 Å². The van der Waals surface area contributed by atoms with Crippen LogP contribution in [-0.2, 0) is 17.7 Å². The van der Waals surface area contributed by atoms with Crippen LogP contribution in [0.3, 0.4) is 0 Å².